The van der Waals surface area contributed by atoms with Crippen LogP contribution in [-0.2, 0) is 11.2 Å². The number of hydrogen-bond donors (Lipinski definition) is 2. The maximum Gasteiger partial charge on any atom is 0.309 e. The lowest BCUT2D eigenvalue weighted by Crippen LogP contribution is -2.48. The fourth-order valence-corrected chi connectivity index (χ4v) is 3.68. The van der Waals surface area contributed by atoms with E-state index in [1.807, 2.05) is 30.3 Å². The van der Waals surface area contributed by atoms with Gasteiger partial charge in [-0.1, -0.05) is 44.2 Å². The molecule has 2 heterocycles. The van der Waals surface area contributed by atoms with Crippen molar-refractivity contribution >= 4 is 17.5 Å². The monoisotopic (exact) mass is 426 g/mol. The third kappa shape index (κ3) is 4.16. The zero-order valence-electron chi connectivity index (χ0n) is 16.9. The molecule has 0 bridgehead atoms. The van der Waals surface area contributed by atoms with Crippen molar-refractivity contribution in [2.75, 3.05) is 5.32 Å². The van der Waals surface area contributed by atoms with Gasteiger partial charge in [-0.05, 0) is 29.0 Å². The van der Waals surface area contributed by atoms with Gasteiger partial charge in [-0.2, -0.15) is 0 Å². The van der Waals surface area contributed by atoms with Gasteiger partial charge in [0.1, 0.15) is 17.7 Å². The summed E-state index contributed by atoms with van der Waals surface area (Å²) in [4.78, 5) is 25.4. The predicted octanol–water partition coefficient (Wildman–Crippen LogP) is 3.43. The molecule has 7 nitrogen and oxygen atoms in total. The summed E-state index contributed by atoms with van der Waals surface area (Å²) in [7, 11) is 0. The van der Waals surface area contributed by atoms with Gasteiger partial charge in [-0.15, -0.1) is 10.2 Å². The lowest BCUT2D eigenvalue weighted by atomic mass is 9.84. The molecule has 0 spiro atoms. The third-order valence-corrected chi connectivity index (χ3v) is 5.57. The standard InChI is InChI=1S/C22H20F2N4O3/c1-11-12(2)18(20(29)26-19-15(11)9-14(23)10-16(19)24)25-21(30)22-28-27-17(31-22)8-13-6-4-3-5-7-13/h3-7,9-12,18H,8H2,1-2H3,(H,25,30)(H,26,29)/t11-,12+,18+/m1/s1. The number of benzene rings is 2. The largest absolute Gasteiger partial charge is 0.417 e. The Balaban J connectivity index is 1.52. The summed E-state index contributed by atoms with van der Waals surface area (Å²) >= 11 is 0. The zero-order chi connectivity index (χ0) is 22.1. The second-order valence-corrected chi connectivity index (χ2v) is 7.60. The fraction of sp³-hybridized carbons (Fsp3) is 0.273. The van der Waals surface area contributed by atoms with Crippen LogP contribution in [0.3, 0.4) is 0 Å². The Morgan fingerprint density at radius 1 is 1.16 bits per heavy atom. The van der Waals surface area contributed by atoms with Crippen molar-refractivity contribution in [3.05, 3.63) is 77.0 Å². The van der Waals surface area contributed by atoms with Crippen molar-refractivity contribution in [2.24, 2.45) is 5.92 Å². The number of rotatable bonds is 4. The van der Waals surface area contributed by atoms with Crippen molar-refractivity contribution in [1.29, 1.82) is 0 Å². The average Bonchev–Trinajstić information content (AvgIpc) is 3.18. The molecular weight excluding hydrogens is 406 g/mol. The minimum atomic E-state index is -1.01. The van der Waals surface area contributed by atoms with E-state index >= 15 is 0 Å². The maximum atomic E-state index is 14.2. The summed E-state index contributed by atoms with van der Waals surface area (Å²) in [6.45, 7) is 3.47. The van der Waals surface area contributed by atoms with Gasteiger partial charge in [0, 0.05) is 6.07 Å². The molecule has 0 unspecified atom stereocenters. The quantitative estimate of drug-likeness (QED) is 0.666. The average molecular weight is 426 g/mol. The van der Waals surface area contributed by atoms with Gasteiger partial charge in [0.05, 0.1) is 12.1 Å². The van der Waals surface area contributed by atoms with E-state index in [0.717, 1.165) is 5.56 Å². The van der Waals surface area contributed by atoms with Gasteiger partial charge >= 0.3 is 11.8 Å². The number of anilines is 1. The Labute approximate surface area is 176 Å². The molecule has 2 N–H and O–H groups in total. The topological polar surface area (TPSA) is 97.1 Å². The molecule has 3 atom stereocenters. The number of aromatic nitrogens is 2. The Morgan fingerprint density at radius 3 is 2.65 bits per heavy atom. The number of carbonyl (C=O) groups excluding carboxylic acids is 2. The lowest BCUT2D eigenvalue weighted by Gasteiger charge is -2.25. The second-order valence-electron chi connectivity index (χ2n) is 7.60. The summed E-state index contributed by atoms with van der Waals surface area (Å²) < 4.78 is 33.4. The van der Waals surface area contributed by atoms with Crippen molar-refractivity contribution in [3.8, 4) is 0 Å². The van der Waals surface area contributed by atoms with E-state index < -0.39 is 41.3 Å². The maximum absolute atomic E-state index is 14.2. The highest BCUT2D eigenvalue weighted by molar-refractivity contribution is 6.01. The zero-order valence-corrected chi connectivity index (χ0v) is 16.9. The van der Waals surface area contributed by atoms with Crippen LogP contribution in [-0.4, -0.2) is 28.1 Å². The van der Waals surface area contributed by atoms with Crippen LogP contribution in [0.2, 0.25) is 0 Å². The molecule has 2 aromatic carbocycles. The molecule has 1 aliphatic heterocycles. The summed E-state index contributed by atoms with van der Waals surface area (Å²) in [6.07, 6.45) is 0.360. The molecule has 0 radical (unpaired) electrons. The highest BCUT2D eigenvalue weighted by Gasteiger charge is 2.37. The van der Waals surface area contributed by atoms with Crippen molar-refractivity contribution < 1.29 is 22.8 Å². The molecule has 0 fully saturated rings. The lowest BCUT2D eigenvalue weighted by molar-refractivity contribution is -0.119. The summed E-state index contributed by atoms with van der Waals surface area (Å²) in [6, 6.07) is 10.3. The van der Waals surface area contributed by atoms with E-state index in [1.54, 1.807) is 13.8 Å². The number of halogens is 2. The Kier molecular flexibility index (Phi) is 5.50. The number of nitrogens with one attached hydrogen (secondary N) is 2. The first-order chi connectivity index (χ1) is 14.8. The molecule has 0 aliphatic carbocycles. The number of amides is 2. The normalized spacial score (nSPS) is 20.5. The minimum absolute atomic E-state index is 0.0783. The van der Waals surface area contributed by atoms with Gasteiger partial charge in [0.25, 0.3) is 0 Å². The van der Waals surface area contributed by atoms with E-state index in [2.05, 4.69) is 20.8 Å². The van der Waals surface area contributed by atoms with Crippen LogP contribution in [0, 0.1) is 17.6 Å². The Morgan fingerprint density at radius 2 is 1.90 bits per heavy atom. The molecule has 0 saturated heterocycles. The summed E-state index contributed by atoms with van der Waals surface area (Å²) in [5, 5.41) is 12.7. The van der Waals surface area contributed by atoms with Crippen molar-refractivity contribution in [1.82, 2.24) is 15.5 Å². The first-order valence-electron chi connectivity index (χ1n) is 9.80. The van der Waals surface area contributed by atoms with Crippen LogP contribution in [0.25, 0.3) is 0 Å². The summed E-state index contributed by atoms with van der Waals surface area (Å²) in [5.74, 6) is -3.82. The first-order valence-corrected chi connectivity index (χ1v) is 9.80. The van der Waals surface area contributed by atoms with Crippen molar-refractivity contribution in [3.63, 3.8) is 0 Å². The smallest absolute Gasteiger partial charge is 0.309 e. The van der Waals surface area contributed by atoms with Gasteiger partial charge in [0.2, 0.25) is 11.8 Å². The molecule has 0 saturated carbocycles. The van der Waals surface area contributed by atoms with Gasteiger partial charge < -0.3 is 15.1 Å². The van der Waals surface area contributed by atoms with Crippen LogP contribution < -0.4 is 10.6 Å². The van der Waals surface area contributed by atoms with Crippen LogP contribution >= 0.6 is 0 Å². The molecule has 31 heavy (non-hydrogen) atoms. The van der Waals surface area contributed by atoms with Crippen LogP contribution in [0.1, 0.15) is 47.5 Å². The highest BCUT2D eigenvalue weighted by atomic mass is 19.1. The number of hydrogen-bond acceptors (Lipinski definition) is 5. The molecule has 1 aromatic heterocycles. The van der Waals surface area contributed by atoms with Gasteiger partial charge in [-0.25, -0.2) is 8.78 Å². The van der Waals surface area contributed by atoms with E-state index in [1.165, 1.54) is 6.07 Å². The summed E-state index contributed by atoms with van der Waals surface area (Å²) in [5.41, 5.74) is 1.19. The van der Waals surface area contributed by atoms with E-state index in [0.29, 0.717) is 18.1 Å². The molecular formula is C22H20F2N4O3. The Bertz CT molecular complexity index is 1130. The molecule has 3 aromatic rings. The van der Waals surface area contributed by atoms with Crippen LogP contribution in [0.15, 0.2) is 46.9 Å². The third-order valence-electron chi connectivity index (χ3n) is 5.57. The van der Waals surface area contributed by atoms with Gasteiger partial charge in [-0.3, -0.25) is 9.59 Å². The highest BCUT2D eigenvalue weighted by Crippen LogP contribution is 2.37. The molecule has 9 heteroatoms. The second kappa shape index (κ2) is 8.25. The number of carbonyl (C=O) groups is 2. The van der Waals surface area contributed by atoms with Crippen molar-refractivity contribution in [2.45, 2.75) is 32.2 Å². The molecule has 4 rings (SSSR count). The molecule has 2 amide bonds. The predicted molar refractivity (Wildman–Crippen MR) is 107 cm³/mol. The van der Waals surface area contributed by atoms with Gasteiger partial charge in [0.15, 0.2) is 0 Å². The first kappa shape index (κ1) is 20.6. The number of nitrogens with zero attached hydrogens (tertiary/aromatic N) is 2. The van der Waals surface area contributed by atoms with Crippen LogP contribution in [0.4, 0.5) is 14.5 Å². The Hall–Kier alpha value is -3.62. The van der Waals surface area contributed by atoms with E-state index in [-0.39, 0.29) is 17.5 Å². The van der Waals surface area contributed by atoms with E-state index in [9.17, 15) is 18.4 Å². The van der Waals surface area contributed by atoms with Crippen LogP contribution in [0.5, 0.6) is 0 Å². The molecule has 160 valence electrons. The van der Waals surface area contributed by atoms with E-state index in [4.69, 9.17) is 4.42 Å². The SMILES string of the molecule is C[C@@H]1[C@H](NC(=O)c2nnc(Cc3ccccc3)o2)C(=O)Nc2c(F)cc(F)cc2[C@@H]1C. The fourth-order valence-electron chi connectivity index (χ4n) is 3.68. The minimum Gasteiger partial charge on any atom is -0.417 e. The molecule has 1 aliphatic rings. The number of fused-ring (bicyclic) bond motifs is 1.